The molecule has 2 aromatic rings. The van der Waals surface area contributed by atoms with Crippen LogP contribution in [0.3, 0.4) is 0 Å². The second kappa shape index (κ2) is 15.4. The second-order valence-electron chi connectivity index (χ2n) is 8.69. The lowest BCUT2D eigenvalue weighted by Gasteiger charge is -2.17. The third kappa shape index (κ3) is 9.15. The van der Waals surface area contributed by atoms with Crippen molar-refractivity contribution in [2.24, 2.45) is 0 Å². The molecule has 184 valence electrons. The summed E-state index contributed by atoms with van der Waals surface area (Å²) in [6.07, 6.45) is 15.6. The van der Waals surface area contributed by atoms with Crippen LogP contribution in [0.25, 0.3) is 11.0 Å². The van der Waals surface area contributed by atoms with Crippen LogP contribution in [0.15, 0.2) is 39.6 Å². The Kier molecular flexibility index (Phi) is 12.5. The van der Waals surface area contributed by atoms with Gasteiger partial charge < -0.3 is 18.6 Å². The third-order valence-electron chi connectivity index (χ3n) is 5.35. The van der Waals surface area contributed by atoms with E-state index in [-0.39, 0.29) is 11.9 Å². The van der Waals surface area contributed by atoms with Gasteiger partial charge in [0.15, 0.2) is 17.1 Å². The minimum absolute atomic E-state index is 0.107. The van der Waals surface area contributed by atoms with Crippen molar-refractivity contribution in [2.45, 2.75) is 98.0 Å². The van der Waals surface area contributed by atoms with Crippen molar-refractivity contribution in [1.29, 1.82) is 0 Å². The number of fused-ring (bicyclic) bond motifs is 1. The van der Waals surface area contributed by atoms with E-state index in [1.807, 2.05) is 32.0 Å². The summed E-state index contributed by atoms with van der Waals surface area (Å²) in [5.74, 6) is 1.13. The summed E-state index contributed by atoms with van der Waals surface area (Å²) in [5, 5.41) is 0.691. The Hall–Kier alpha value is -2.43. The van der Waals surface area contributed by atoms with Crippen molar-refractivity contribution in [2.75, 3.05) is 13.2 Å². The normalized spacial score (nSPS) is 11.5. The molecular weight excluding hydrogens is 416 g/mol. The van der Waals surface area contributed by atoms with Crippen molar-refractivity contribution < 1.29 is 18.6 Å². The number of unbranched alkanes of at least 4 members (excludes halogenated alkanes) is 7. The fourth-order valence-corrected chi connectivity index (χ4v) is 3.68. The van der Waals surface area contributed by atoms with Crippen LogP contribution in [0.5, 0.6) is 17.2 Å². The molecule has 0 bridgehead atoms. The lowest BCUT2D eigenvalue weighted by Crippen LogP contribution is -2.14. The average molecular weight is 459 g/mol. The first-order valence-electron chi connectivity index (χ1n) is 12.8. The highest BCUT2D eigenvalue weighted by molar-refractivity contribution is 5.89. The molecule has 1 aromatic carbocycles. The van der Waals surface area contributed by atoms with E-state index in [0.29, 0.717) is 35.7 Å². The molecule has 2 rings (SSSR count). The van der Waals surface area contributed by atoms with Crippen molar-refractivity contribution in [3.05, 3.63) is 40.8 Å². The van der Waals surface area contributed by atoms with Crippen LogP contribution < -0.4 is 19.8 Å². The SMILES string of the molecule is CC/C=C/CCOc1cccc2c(OC(C)C)c(OCCCCCCCCCC)c(=O)oc12. The van der Waals surface area contributed by atoms with Gasteiger partial charge in [-0.15, -0.1) is 0 Å². The van der Waals surface area contributed by atoms with Crippen LogP contribution in [0.2, 0.25) is 0 Å². The highest BCUT2D eigenvalue weighted by Gasteiger charge is 2.21. The van der Waals surface area contributed by atoms with Crippen LogP contribution in [0, 0.1) is 0 Å². The third-order valence-corrected chi connectivity index (χ3v) is 5.35. The van der Waals surface area contributed by atoms with E-state index in [1.165, 1.54) is 38.5 Å². The first-order chi connectivity index (χ1) is 16.1. The minimum atomic E-state index is -0.528. The minimum Gasteiger partial charge on any atom is -0.489 e. The molecule has 5 heteroatoms. The summed E-state index contributed by atoms with van der Waals surface area (Å²) >= 11 is 0. The molecular formula is C28H42O5. The standard InChI is InChI=1S/C28H42O5/c1-5-7-9-11-12-13-14-16-21-31-27-26(32-22(3)4)23-18-17-19-24(25(23)33-28(27)29)30-20-15-10-8-6-2/h8,10,17-19,22H,5-7,9,11-16,20-21H2,1-4H3/b10-8+. The highest BCUT2D eigenvalue weighted by atomic mass is 16.5. The molecule has 0 N–H and O–H groups in total. The van der Waals surface area contributed by atoms with Gasteiger partial charge in [0.05, 0.1) is 24.7 Å². The van der Waals surface area contributed by atoms with E-state index in [2.05, 4.69) is 26.0 Å². The fraction of sp³-hybridized carbons (Fsp3) is 0.607. The molecule has 0 saturated carbocycles. The molecule has 0 spiro atoms. The number of para-hydroxylation sites is 1. The maximum atomic E-state index is 12.8. The zero-order valence-electron chi connectivity index (χ0n) is 21.0. The van der Waals surface area contributed by atoms with Gasteiger partial charge in [-0.05, 0) is 45.2 Å². The highest BCUT2D eigenvalue weighted by Crippen LogP contribution is 2.37. The van der Waals surface area contributed by atoms with Gasteiger partial charge in [0.25, 0.3) is 0 Å². The largest absolute Gasteiger partial charge is 0.489 e. The molecule has 33 heavy (non-hydrogen) atoms. The van der Waals surface area contributed by atoms with Crippen LogP contribution in [0.4, 0.5) is 0 Å². The molecule has 0 fully saturated rings. The van der Waals surface area contributed by atoms with Crippen molar-refractivity contribution in [1.82, 2.24) is 0 Å². The smallest absolute Gasteiger partial charge is 0.383 e. The summed E-state index contributed by atoms with van der Waals surface area (Å²) in [7, 11) is 0. The molecule has 0 aliphatic heterocycles. The summed E-state index contributed by atoms with van der Waals surface area (Å²) < 4.78 is 23.5. The second-order valence-corrected chi connectivity index (χ2v) is 8.69. The monoisotopic (exact) mass is 458 g/mol. The average Bonchev–Trinajstić information content (AvgIpc) is 2.79. The van der Waals surface area contributed by atoms with E-state index in [9.17, 15) is 4.79 Å². The number of rotatable bonds is 17. The van der Waals surface area contributed by atoms with Crippen LogP contribution >= 0.6 is 0 Å². The summed E-state index contributed by atoms with van der Waals surface area (Å²) in [6.45, 7) is 9.18. The van der Waals surface area contributed by atoms with Gasteiger partial charge >= 0.3 is 5.63 Å². The molecule has 0 radical (unpaired) electrons. The molecule has 0 aliphatic carbocycles. The van der Waals surface area contributed by atoms with E-state index in [1.54, 1.807) is 0 Å². The number of hydrogen-bond donors (Lipinski definition) is 0. The number of hydrogen-bond acceptors (Lipinski definition) is 5. The van der Waals surface area contributed by atoms with Gasteiger partial charge in [-0.3, -0.25) is 0 Å². The zero-order valence-corrected chi connectivity index (χ0v) is 21.0. The lowest BCUT2D eigenvalue weighted by atomic mass is 10.1. The maximum absolute atomic E-state index is 12.8. The zero-order chi connectivity index (χ0) is 23.9. The first kappa shape index (κ1) is 26.8. The van der Waals surface area contributed by atoms with E-state index in [0.717, 1.165) is 25.7 Å². The van der Waals surface area contributed by atoms with Crippen molar-refractivity contribution in [3.63, 3.8) is 0 Å². The van der Waals surface area contributed by atoms with Crippen LogP contribution in [0.1, 0.15) is 91.9 Å². The Labute approximate surface area is 199 Å². The molecule has 0 saturated heterocycles. The van der Waals surface area contributed by atoms with Gasteiger partial charge in [-0.1, -0.05) is 77.0 Å². The Morgan fingerprint density at radius 1 is 0.879 bits per heavy atom. The van der Waals surface area contributed by atoms with E-state index >= 15 is 0 Å². The van der Waals surface area contributed by atoms with Crippen molar-refractivity contribution in [3.8, 4) is 17.2 Å². The Balaban J connectivity index is 2.08. The molecule has 0 amide bonds. The van der Waals surface area contributed by atoms with Gasteiger partial charge in [0.2, 0.25) is 5.75 Å². The Bertz CT molecular complexity index is 897. The number of ether oxygens (including phenoxy) is 3. The Morgan fingerprint density at radius 2 is 1.61 bits per heavy atom. The summed E-state index contributed by atoms with van der Waals surface area (Å²) in [6, 6.07) is 5.58. The van der Waals surface area contributed by atoms with E-state index < -0.39 is 5.63 Å². The quantitative estimate of drug-likeness (QED) is 0.137. The maximum Gasteiger partial charge on any atom is 0.383 e. The van der Waals surface area contributed by atoms with E-state index in [4.69, 9.17) is 18.6 Å². The topological polar surface area (TPSA) is 57.9 Å². The molecule has 0 atom stereocenters. The lowest BCUT2D eigenvalue weighted by molar-refractivity contribution is 0.215. The van der Waals surface area contributed by atoms with Gasteiger partial charge in [-0.2, -0.15) is 0 Å². The summed E-state index contributed by atoms with van der Waals surface area (Å²) in [5.41, 5.74) is -0.128. The molecule has 1 aromatic heterocycles. The predicted octanol–water partition coefficient (Wildman–Crippen LogP) is 7.83. The molecule has 1 heterocycles. The van der Waals surface area contributed by atoms with Gasteiger partial charge in [0, 0.05) is 0 Å². The van der Waals surface area contributed by atoms with Gasteiger partial charge in [0.1, 0.15) is 0 Å². The van der Waals surface area contributed by atoms with Crippen molar-refractivity contribution >= 4 is 11.0 Å². The molecule has 0 unspecified atom stereocenters. The summed E-state index contributed by atoms with van der Waals surface area (Å²) in [4.78, 5) is 12.8. The number of allylic oxidation sites excluding steroid dienone is 1. The van der Waals surface area contributed by atoms with Crippen LogP contribution in [-0.4, -0.2) is 19.3 Å². The number of benzene rings is 1. The predicted molar refractivity (Wildman–Crippen MR) is 136 cm³/mol. The first-order valence-corrected chi connectivity index (χ1v) is 12.8. The van der Waals surface area contributed by atoms with Crippen LogP contribution in [-0.2, 0) is 0 Å². The molecule has 5 nitrogen and oxygen atoms in total. The molecule has 0 aliphatic rings. The van der Waals surface area contributed by atoms with Gasteiger partial charge in [-0.25, -0.2) is 4.79 Å². The Morgan fingerprint density at radius 3 is 2.30 bits per heavy atom. The fourth-order valence-electron chi connectivity index (χ4n) is 3.68.